The number of ether oxygens (including phenoxy) is 3. The number of amides is 5. The number of carbonyl (C=O) groups excluding carboxylic acids is 5. The standard InChI is InChI=1S/C44H48N6O9/c1-48(24-34-36(57-3)15-25(16-37(34)58-4)33-23-49(2)41(54)32-22-45-14-12-29(32)33)39(52)7-5-6-13-46-26-18-44(19-26)20-28(21-44)59-27-8-9-30-31(17-27)43(56)50(42(30)55)35-10-11-38(51)47-40(35)53/h8-9,12,14-17,22-23,26,28,35,46H,5-7,10-11,13,18-21,24H2,1-4H3,(H,47,51,53). The van der Waals surface area contributed by atoms with E-state index in [1.807, 2.05) is 18.2 Å². The molecule has 0 radical (unpaired) electrons. The molecule has 4 heterocycles. The zero-order chi connectivity index (χ0) is 41.6. The van der Waals surface area contributed by atoms with Crippen LogP contribution in [0.25, 0.3) is 21.9 Å². The van der Waals surface area contributed by atoms with Gasteiger partial charge in [0.1, 0.15) is 23.3 Å². The molecule has 2 aromatic heterocycles. The number of benzene rings is 2. The van der Waals surface area contributed by atoms with E-state index in [1.165, 1.54) is 4.57 Å². The first-order valence-corrected chi connectivity index (χ1v) is 20.1. The van der Waals surface area contributed by atoms with Gasteiger partial charge >= 0.3 is 0 Å². The van der Waals surface area contributed by atoms with Crippen molar-refractivity contribution >= 4 is 40.3 Å². The highest BCUT2D eigenvalue weighted by Crippen LogP contribution is 2.57. The number of aromatic nitrogens is 2. The van der Waals surface area contributed by atoms with E-state index in [9.17, 15) is 28.8 Å². The average molecular weight is 805 g/mol. The molecule has 59 heavy (non-hydrogen) atoms. The topological polar surface area (TPSA) is 178 Å². The van der Waals surface area contributed by atoms with Gasteiger partial charge in [0.15, 0.2) is 0 Å². The Balaban J connectivity index is 0.766. The average Bonchev–Trinajstić information content (AvgIpc) is 3.44. The van der Waals surface area contributed by atoms with Crippen molar-refractivity contribution in [2.45, 2.75) is 82.5 Å². The molecule has 2 aromatic carbocycles. The SMILES string of the molecule is COc1cc(-c2cn(C)c(=O)c3cnccc23)cc(OC)c1CN(C)C(=O)CCCCNC1CC2(C1)CC(Oc1ccc3c(c1)C(=O)N(C1CCC(=O)NC1=O)C3=O)C2. The molecule has 2 N–H and O–H groups in total. The smallest absolute Gasteiger partial charge is 0.262 e. The van der Waals surface area contributed by atoms with E-state index >= 15 is 0 Å². The Bertz CT molecular complexity index is 2410. The lowest BCUT2D eigenvalue weighted by Crippen LogP contribution is -2.58. The van der Waals surface area contributed by atoms with Crippen molar-refractivity contribution < 1.29 is 38.2 Å². The first-order chi connectivity index (χ1) is 28.4. The molecule has 8 rings (SSSR count). The molecule has 15 heteroatoms. The zero-order valence-corrected chi connectivity index (χ0v) is 33.7. The van der Waals surface area contributed by atoms with Gasteiger partial charge in [-0.25, -0.2) is 0 Å². The van der Waals surface area contributed by atoms with Gasteiger partial charge in [0, 0.05) is 57.1 Å². The van der Waals surface area contributed by atoms with E-state index in [0.29, 0.717) is 41.6 Å². The maximum absolute atomic E-state index is 13.2. The second-order valence-corrected chi connectivity index (χ2v) is 16.3. The highest BCUT2D eigenvalue weighted by Gasteiger charge is 2.54. The van der Waals surface area contributed by atoms with Gasteiger partial charge in [0.05, 0.1) is 48.9 Å². The molecule has 1 spiro atoms. The summed E-state index contributed by atoms with van der Waals surface area (Å²) in [6, 6.07) is 9.92. The van der Waals surface area contributed by atoms with Crippen LogP contribution in [0.4, 0.5) is 0 Å². The Morgan fingerprint density at radius 3 is 2.37 bits per heavy atom. The number of pyridine rings is 2. The maximum atomic E-state index is 13.2. The monoisotopic (exact) mass is 804 g/mol. The molecule has 0 bridgehead atoms. The second kappa shape index (κ2) is 15.9. The Morgan fingerprint density at radius 1 is 0.932 bits per heavy atom. The van der Waals surface area contributed by atoms with Crippen LogP contribution in [-0.2, 0) is 28.0 Å². The van der Waals surface area contributed by atoms with Crippen LogP contribution in [0.15, 0.2) is 59.8 Å². The summed E-state index contributed by atoms with van der Waals surface area (Å²) >= 11 is 0. The van der Waals surface area contributed by atoms with Crippen molar-refractivity contribution in [3.05, 3.63) is 82.0 Å². The van der Waals surface area contributed by atoms with Gasteiger partial charge < -0.3 is 29.0 Å². The quantitative estimate of drug-likeness (QED) is 0.138. The molecule has 2 aliphatic heterocycles. The van der Waals surface area contributed by atoms with Crippen LogP contribution in [-0.4, -0.2) is 94.9 Å². The number of fused-ring (bicyclic) bond motifs is 2. The van der Waals surface area contributed by atoms with E-state index in [1.54, 1.807) is 70.0 Å². The minimum Gasteiger partial charge on any atom is -0.496 e. The molecule has 1 unspecified atom stereocenters. The summed E-state index contributed by atoms with van der Waals surface area (Å²) in [5, 5.41) is 7.16. The van der Waals surface area contributed by atoms with Crippen LogP contribution in [0.5, 0.6) is 17.2 Å². The third kappa shape index (κ3) is 7.55. The van der Waals surface area contributed by atoms with Crippen LogP contribution in [0, 0.1) is 5.41 Å². The van der Waals surface area contributed by atoms with Gasteiger partial charge in [-0.3, -0.25) is 44.0 Å². The van der Waals surface area contributed by atoms with Gasteiger partial charge in [-0.15, -0.1) is 0 Å². The number of hydrogen-bond donors (Lipinski definition) is 2. The summed E-state index contributed by atoms with van der Waals surface area (Å²) < 4.78 is 19.4. The van der Waals surface area contributed by atoms with Crippen molar-refractivity contribution in [2.24, 2.45) is 12.5 Å². The molecule has 15 nitrogen and oxygen atoms in total. The van der Waals surface area contributed by atoms with Gasteiger partial charge in [-0.2, -0.15) is 0 Å². The van der Waals surface area contributed by atoms with Crippen LogP contribution in [0.3, 0.4) is 0 Å². The first-order valence-electron chi connectivity index (χ1n) is 20.1. The largest absolute Gasteiger partial charge is 0.496 e. The number of carbonyl (C=O) groups is 5. The molecule has 1 atom stereocenters. The number of rotatable bonds is 14. The number of piperidine rings is 1. The first kappa shape index (κ1) is 39.7. The number of imide groups is 2. The number of nitrogens with one attached hydrogen (secondary N) is 2. The summed E-state index contributed by atoms with van der Waals surface area (Å²) in [7, 11) is 6.67. The van der Waals surface area contributed by atoms with Crippen LogP contribution >= 0.6 is 0 Å². The Kier molecular flexibility index (Phi) is 10.7. The minimum atomic E-state index is -1.00. The molecule has 4 aliphatic rings. The molecule has 4 aromatic rings. The van der Waals surface area contributed by atoms with Crippen molar-refractivity contribution in [3.8, 4) is 28.4 Å². The third-order valence-corrected chi connectivity index (χ3v) is 12.4. The molecule has 2 aliphatic carbocycles. The van der Waals surface area contributed by atoms with Gasteiger partial charge in [0.25, 0.3) is 17.4 Å². The zero-order valence-electron chi connectivity index (χ0n) is 33.7. The highest BCUT2D eigenvalue weighted by atomic mass is 16.5. The van der Waals surface area contributed by atoms with Gasteiger partial charge in [-0.05, 0) is 104 Å². The minimum absolute atomic E-state index is 0.0202. The van der Waals surface area contributed by atoms with E-state index in [2.05, 4.69) is 15.6 Å². The molecular formula is C44H48N6O9. The number of hydrogen-bond acceptors (Lipinski definition) is 11. The summed E-state index contributed by atoms with van der Waals surface area (Å²) in [5.41, 5.74) is 2.97. The predicted octanol–water partition coefficient (Wildman–Crippen LogP) is 4.13. The van der Waals surface area contributed by atoms with Crippen molar-refractivity contribution in [3.63, 3.8) is 0 Å². The summed E-state index contributed by atoms with van der Waals surface area (Å²) in [6.07, 6.45) is 11.2. The number of nitrogens with zero attached hydrogens (tertiary/aromatic N) is 4. The van der Waals surface area contributed by atoms with Gasteiger partial charge in [0.2, 0.25) is 17.7 Å². The number of unbranched alkanes of at least 4 members (excludes halogenated alkanes) is 1. The van der Waals surface area contributed by atoms with Crippen molar-refractivity contribution in [1.82, 2.24) is 30.0 Å². The molecule has 308 valence electrons. The fraction of sp³-hybridized carbons (Fsp3) is 0.432. The van der Waals surface area contributed by atoms with E-state index in [-0.39, 0.29) is 47.0 Å². The van der Waals surface area contributed by atoms with E-state index < -0.39 is 29.7 Å². The fourth-order valence-electron chi connectivity index (χ4n) is 9.23. The molecular weight excluding hydrogens is 757 g/mol. The fourth-order valence-corrected chi connectivity index (χ4v) is 9.23. The van der Waals surface area contributed by atoms with Crippen LogP contribution < -0.4 is 30.4 Å². The molecule has 3 fully saturated rings. The number of aryl methyl sites for hydroxylation is 1. The molecule has 1 saturated heterocycles. The summed E-state index contributed by atoms with van der Waals surface area (Å²) in [4.78, 5) is 82.9. The second-order valence-electron chi connectivity index (χ2n) is 16.3. The van der Waals surface area contributed by atoms with E-state index in [4.69, 9.17) is 14.2 Å². The van der Waals surface area contributed by atoms with Crippen LogP contribution in [0.1, 0.15) is 84.1 Å². The lowest BCUT2D eigenvalue weighted by atomic mass is 9.53. The maximum Gasteiger partial charge on any atom is 0.262 e. The summed E-state index contributed by atoms with van der Waals surface area (Å²) in [6.45, 7) is 1.14. The normalized spacial score (nSPS) is 22.2. The predicted molar refractivity (Wildman–Crippen MR) is 216 cm³/mol. The molecule has 2 saturated carbocycles. The number of methoxy groups -OCH3 is 2. The van der Waals surface area contributed by atoms with Crippen molar-refractivity contribution in [2.75, 3.05) is 27.8 Å². The Hall–Kier alpha value is -6.09. The highest BCUT2D eigenvalue weighted by molar-refractivity contribution is 6.23. The lowest BCUT2D eigenvalue weighted by molar-refractivity contribution is -0.136. The third-order valence-electron chi connectivity index (χ3n) is 12.4. The lowest BCUT2D eigenvalue weighted by Gasteiger charge is -2.57. The van der Waals surface area contributed by atoms with Gasteiger partial charge in [-0.1, -0.05) is 0 Å². The Morgan fingerprint density at radius 2 is 1.66 bits per heavy atom. The van der Waals surface area contributed by atoms with Crippen molar-refractivity contribution in [1.29, 1.82) is 0 Å². The van der Waals surface area contributed by atoms with E-state index in [0.717, 1.165) is 72.0 Å². The summed E-state index contributed by atoms with van der Waals surface area (Å²) in [5.74, 6) is -0.407. The Labute approximate surface area is 341 Å². The molecule has 5 amide bonds. The van der Waals surface area contributed by atoms with Crippen LogP contribution in [0.2, 0.25) is 0 Å².